The quantitative estimate of drug-likeness (QED) is 0.854. The number of nitrogens with zero attached hydrogens (tertiary/aromatic N) is 4. The van der Waals surface area contributed by atoms with Crippen molar-refractivity contribution in [2.45, 2.75) is 26.8 Å². The average molecular weight is 310 g/mol. The molecule has 0 fully saturated rings. The van der Waals surface area contributed by atoms with Gasteiger partial charge in [0.1, 0.15) is 11.6 Å². The first-order valence-electron chi connectivity index (χ1n) is 7.85. The molecule has 1 aliphatic rings. The van der Waals surface area contributed by atoms with Crippen molar-refractivity contribution in [1.82, 2.24) is 14.9 Å². The Hall–Kier alpha value is -2.43. The normalized spacial score (nSPS) is 13.7. The first-order valence-corrected chi connectivity index (χ1v) is 7.85. The second-order valence-electron chi connectivity index (χ2n) is 6.26. The summed E-state index contributed by atoms with van der Waals surface area (Å²) in [4.78, 5) is 25.7. The molecule has 0 aliphatic carbocycles. The third-order valence-corrected chi connectivity index (χ3v) is 4.16. The summed E-state index contributed by atoms with van der Waals surface area (Å²) in [6.07, 6.45) is 0.775. The maximum absolute atomic E-state index is 12.7. The van der Waals surface area contributed by atoms with Gasteiger partial charge in [-0.3, -0.25) is 4.79 Å². The van der Waals surface area contributed by atoms with Gasteiger partial charge in [0, 0.05) is 38.2 Å². The fraction of sp³-hybridized carbons (Fsp3) is 0.389. The number of benzene rings is 1. The van der Waals surface area contributed by atoms with Gasteiger partial charge in [0.25, 0.3) is 5.91 Å². The number of aromatic nitrogens is 2. The molecule has 0 radical (unpaired) electrons. The summed E-state index contributed by atoms with van der Waals surface area (Å²) in [7, 11) is 3.95. The summed E-state index contributed by atoms with van der Waals surface area (Å²) in [5.74, 6) is 1.76. The van der Waals surface area contributed by atoms with Crippen LogP contribution in [0.5, 0.6) is 0 Å². The fourth-order valence-corrected chi connectivity index (χ4v) is 2.94. The molecule has 0 unspecified atom stereocenters. The SMILES string of the molecule is Cc1ccc(C(=O)N2CCc3nc(C)nc(N(C)C)c3C2)cc1. The second-order valence-corrected chi connectivity index (χ2v) is 6.26. The van der Waals surface area contributed by atoms with E-state index in [1.54, 1.807) is 0 Å². The van der Waals surface area contributed by atoms with Crippen LogP contribution in [0.25, 0.3) is 0 Å². The van der Waals surface area contributed by atoms with Crippen molar-refractivity contribution in [1.29, 1.82) is 0 Å². The zero-order chi connectivity index (χ0) is 16.6. The number of anilines is 1. The molecule has 0 saturated heterocycles. The monoisotopic (exact) mass is 310 g/mol. The highest BCUT2D eigenvalue weighted by Gasteiger charge is 2.26. The molecule has 0 atom stereocenters. The molecule has 1 amide bonds. The van der Waals surface area contributed by atoms with E-state index in [9.17, 15) is 4.79 Å². The molecule has 23 heavy (non-hydrogen) atoms. The number of carbonyl (C=O) groups excluding carboxylic acids is 1. The first kappa shape index (κ1) is 15.5. The highest BCUT2D eigenvalue weighted by molar-refractivity contribution is 5.94. The Balaban J connectivity index is 1.90. The van der Waals surface area contributed by atoms with E-state index in [0.717, 1.165) is 40.4 Å². The number of hydrogen-bond donors (Lipinski definition) is 0. The Kier molecular flexibility index (Phi) is 4.03. The highest BCUT2D eigenvalue weighted by atomic mass is 16.2. The van der Waals surface area contributed by atoms with Gasteiger partial charge in [-0.2, -0.15) is 0 Å². The van der Waals surface area contributed by atoms with E-state index in [-0.39, 0.29) is 5.91 Å². The van der Waals surface area contributed by atoms with E-state index < -0.39 is 0 Å². The largest absolute Gasteiger partial charge is 0.362 e. The Labute approximate surface area is 137 Å². The van der Waals surface area contributed by atoms with Gasteiger partial charge in [-0.15, -0.1) is 0 Å². The Morgan fingerprint density at radius 2 is 1.83 bits per heavy atom. The molecule has 0 spiro atoms. The lowest BCUT2D eigenvalue weighted by atomic mass is 10.0. The molecule has 0 saturated carbocycles. The molecular weight excluding hydrogens is 288 g/mol. The average Bonchev–Trinajstić information content (AvgIpc) is 2.53. The van der Waals surface area contributed by atoms with Gasteiger partial charge in [-0.25, -0.2) is 9.97 Å². The zero-order valence-corrected chi connectivity index (χ0v) is 14.1. The van der Waals surface area contributed by atoms with E-state index in [1.165, 1.54) is 0 Å². The number of amides is 1. The summed E-state index contributed by atoms with van der Waals surface area (Å²) in [6.45, 7) is 5.20. The molecule has 3 rings (SSSR count). The van der Waals surface area contributed by atoms with Crippen LogP contribution in [-0.4, -0.2) is 41.4 Å². The van der Waals surface area contributed by atoms with Crippen molar-refractivity contribution in [2.24, 2.45) is 0 Å². The maximum atomic E-state index is 12.7. The van der Waals surface area contributed by atoms with Gasteiger partial charge in [0.15, 0.2) is 0 Å². The molecule has 0 N–H and O–H groups in total. The molecule has 1 aromatic carbocycles. The molecule has 5 nitrogen and oxygen atoms in total. The molecule has 0 bridgehead atoms. The molecule has 2 heterocycles. The minimum Gasteiger partial charge on any atom is -0.362 e. The molecular formula is C18H22N4O. The first-order chi connectivity index (χ1) is 11.0. The Morgan fingerprint density at radius 3 is 2.48 bits per heavy atom. The molecule has 1 aromatic heterocycles. The van der Waals surface area contributed by atoms with Crippen LogP contribution >= 0.6 is 0 Å². The van der Waals surface area contributed by atoms with Crippen LogP contribution in [0, 0.1) is 13.8 Å². The van der Waals surface area contributed by atoms with E-state index >= 15 is 0 Å². The predicted octanol–water partition coefficient (Wildman–Crippen LogP) is 2.36. The van der Waals surface area contributed by atoms with Crippen molar-refractivity contribution in [3.63, 3.8) is 0 Å². The van der Waals surface area contributed by atoms with Gasteiger partial charge < -0.3 is 9.80 Å². The van der Waals surface area contributed by atoms with Crippen LogP contribution in [0.2, 0.25) is 0 Å². The van der Waals surface area contributed by atoms with Gasteiger partial charge >= 0.3 is 0 Å². The van der Waals surface area contributed by atoms with Gasteiger partial charge in [-0.05, 0) is 26.0 Å². The predicted molar refractivity (Wildman–Crippen MR) is 90.7 cm³/mol. The third kappa shape index (κ3) is 3.04. The van der Waals surface area contributed by atoms with Crippen molar-refractivity contribution in [3.05, 3.63) is 52.5 Å². The smallest absolute Gasteiger partial charge is 0.254 e. The lowest BCUT2D eigenvalue weighted by Crippen LogP contribution is -2.37. The summed E-state index contributed by atoms with van der Waals surface area (Å²) in [5, 5.41) is 0. The summed E-state index contributed by atoms with van der Waals surface area (Å²) in [6, 6.07) is 7.74. The number of fused-ring (bicyclic) bond motifs is 1. The maximum Gasteiger partial charge on any atom is 0.254 e. The summed E-state index contributed by atoms with van der Waals surface area (Å²) < 4.78 is 0. The molecule has 1 aliphatic heterocycles. The van der Waals surface area contributed by atoms with E-state index in [2.05, 4.69) is 9.97 Å². The molecule has 2 aromatic rings. The van der Waals surface area contributed by atoms with Crippen LogP contribution in [0.1, 0.15) is 33.0 Å². The summed E-state index contributed by atoms with van der Waals surface area (Å²) in [5.41, 5.74) is 4.02. The number of carbonyl (C=O) groups is 1. The van der Waals surface area contributed by atoms with Gasteiger partial charge in [-0.1, -0.05) is 17.7 Å². The second kappa shape index (κ2) is 5.99. The van der Waals surface area contributed by atoms with Crippen molar-refractivity contribution in [3.8, 4) is 0 Å². The minimum absolute atomic E-state index is 0.0703. The lowest BCUT2D eigenvalue weighted by molar-refractivity contribution is 0.0733. The van der Waals surface area contributed by atoms with Gasteiger partial charge in [0.05, 0.1) is 12.2 Å². The number of aryl methyl sites for hydroxylation is 2. The van der Waals surface area contributed by atoms with Crippen molar-refractivity contribution >= 4 is 11.7 Å². The third-order valence-electron chi connectivity index (χ3n) is 4.16. The Bertz CT molecular complexity index is 737. The van der Waals surface area contributed by atoms with Gasteiger partial charge in [0.2, 0.25) is 0 Å². The zero-order valence-electron chi connectivity index (χ0n) is 14.1. The van der Waals surface area contributed by atoms with E-state index in [0.29, 0.717) is 13.1 Å². The van der Waals surface area contributed by atoms with Crippen LogP contribution in [-0.2, 0) is 13.0 Å². The lowest BCUT2D eigenvalue weighted by Gasteiger charge is -2.31. The fourth-order valence-electron chi connectivity index (χ4n) is 2.94. The Morgan fingerprint density at radius 1 is 1.13 bits per heavy atom. The van der Waals surface area contributed by atoms with Crippen LogP contribution in [0.3, 0.4) is 0 Å². The van der Waals surface area contributed by atoms with Crippen LogP contribution in [0.15, 0.2) is 24.3 Å². The van der Waals surface area contributed by atoms with Crippen LogP contribution in [0.4, 0.5) is 5.82 Å². The highest BCUT2D eigenvalue weighted by Crippen LogP contribution is 2.26. The molecule has 120 valence electrons. The van der Waals surface area contributed by atoms with Crippen LogP contribution < -0.4 is 4.90 Å². The van der Waals surface area contributed by atoms with E-state index in [1.807, 2.05) is 62.0 Å². The minimum atomic E-state index is 0.0703. The molecule has 5 heteroatoms. The number of rotatable bonds is 2. The summed E-state index contributed by atoms with van der Waals surface area (Å²) >= 11 is 0. The van der Waals surface area contributed by atoms with E-state index in [4.69, 9.17) is 0 Å². The number of hydrogen-bond acceptors (Lipinski definition) is 4. The standard InChI is InChI=1S/C18H22N4O/c1-12-5-7-14(8-6-12)18(23)22-10-9-16-15(11-22)17(21(3)4)20-13(2)19-16/h5-8H,9-11H2,1-4H3. The van der Waals surface area contributed by atoms with Crippen molar-refractivity contribution in [2.75, 3.05) is 25.5 Å². The van der Waals surface area contributed by atoms with Crippen molar-refractivity contribution < 1.29 is 4.79 Å². The topological polar surface area (TPSA) is 49.3 Å².